The summed E-state index contributed by atoms with van der Waals surface area (Å²) in [5, 5.41) is 12.4. The number of benzene rings is 1. The number of carbonyl (C=O) groups is 1. The summed E-state index contributed by atoms with van der Waals surface area (Å²) < 4.78 is 33.5. The van der Waals surface area contributed by atoms with Gasteiger partial charge in [-0.15, -0.1) is 0 Å². The van der Waals surface area contributed by atoms with Crippen LogP contribution in [0.15, 0.2) is 59.9 Å². The molecule has 0 bridgehead atoms. The van der Waals surface area contributed by atoms with Crippen molar-refractivity contribution in [3.8, 4) is 0 Å². The Kier molecular flexibility index (Phi) is 7.27. The van der Waals surface area contributed by atoms with E-state index in [1.165, 1.54) is 18.5 Å². The first kappa shape index (κ1) is 22.0. The number of nitrogens with one attached hydrogen (secondary N) is 2. The van der Waals surface area contributed by atoms with Crippen molar-refractivity contribution >= 4 is 15.9 Å². The van der Waals surface area contributed by atoms with Crippen LogP contribution in [-0.2, 0) is 26.1 Å². The lowest BCUT2D eigenvalue weighted by Gasteiger charge is -2.31. The highest BCUT2D eigenvalue weighted by atomic mass is 32.2. The predicted molar refractivity (Wildman–Crippen MR) is 109 cm³/mol. The molecule has 1 amide bonds. The molecule has 160 valence electrons. The van der Waals surface area contributed by atoms with Crippen molar-refractivity contribution in [2.45, 2.75) is 43.0 Å². The van der Waals surface area contributed by atoms with E-state index in [1.54, 1.807) is 36.5 Å². The first-order chi connectivity index (χ1) is 14.4. The quantitative estimate of drug-likeness (QED) is 0.517. The van der Waals surface area contributed by atoms with Gasteiger partial charge in [0.05, 0.1) is 42.3 Å². The zero-order valence-electron chi connectivity index (χ0n) is 16.4. The van der Waals surface area contributed by atoms with Crippen LogP contribution in [0.5, 0.6) is 0 Å². The Morgan fingerprint density at radius 2 is 1.97 bits per heavy atom. The van der Waals surface area contributed by atoms with E-state index in [0.29, 0.717) is 5.69 Å². The van der Waals surface area contributed by atoms with Gasteiger partial charge in [0.1, 0.15) is 12.4 Å². The summed E-state index contributed by atoms with van der Waals surface area (Å²) >= 11 is 0. The zero-order chi connectivity index (χ0) is 21.6. The van der Waals surface area contributed by atoms with Crippen LogP contribution in [-0.4, -0.2) is 54.3 Å². The fourth-order valence-corrected chi connectivity index (χ4v) is 4.16. The van der Waals surface area contributed by atoms with Crippen LogP contribution >= 0.6 is 0 Å². The first-order valence-corrected chi connectivity index (χ1v) is 10.9. The van der Waals surface area contributed by atoms with Gasteiger partial charge >= 0.3 is 0 Å². The number of sulfonamides is 1. The van der Waals surface area contributed by atoms with Gasteiger partial charge < -0.3 is 15.2 Å². The molecule has 2 aromatic rings. The number of rotatable bonds is 8. The fraction of sp³-hybridized carbons (Fsp3) is 0.350. The number of aromatic nitrogens is 2. The maximum Gasteiger partial charge on any atom is 0.241 e. The van der Waals surface area contributed by atoms with E-state index in [4.69, 9.17) is 4.74 Å². The van der Waals surface area contributed by atoms with Gasteiger partial charge in [0.2, 0.25) is 15.9 Å². The highest BCUT2D eigenvalue weighted by Crippen LogP contribution is 2.18. The maximum absolute atomic E-state index is 12.6. The lowest BCUT2D eigenvalue weighted by Crippen LogP contribution is -2.49. The second-order valence-electron chi connectivity index (χ2n) is 6.92. The van der Waals surface area contributed by atoms with Gasteiger partial charge in [-0.2, -0.15) is 0 Å². The summed E-state index contributed by atoms with van der Waals surface area (Å²) in [6, 6.07) is 7.40. The second kappa shape index (κ2) is 9.90. The Labute approximate surface area is 175 Å². The smallest absolute Gasteiger partial charge is 0.241 e. The molecule has 1 aliphatic rings. The lowest BCUT2D eigenvalue weighted by molar-refractivity contribution is -0.125. The van der Waals surface area contributed by atoms with Crippen LogP contribution in [0.25, 0.3) is 0 Å². The Bertz CT molecular complexity index is 980. The van der Waals surface area contributed by atoms with E-state index < -0.39 is 34.9 Å². The van der Waals surface area contributed by atoms with E-state index in [-0.39, 0.29) is 23.8 Å². The van der Waals surface area contributed by atoms with Crippen LogP contribution < -0.4 is 10.0 Å². The number of amides is 1. The van der Waals surface area contributed by atoms with Gasteiger partial charge in [-0.25, -0.2) is 23.1 Å². The number of hydrogen-bond acceptors (Lipinski definition) is 7. The molecule has 1 aliphatic heterocycles. The molecule has 3 rings (SSSR count). The molecule has 0 radical (unpaired) electrons. The number of hydrogen-bond donors (Lipinski definition) is 3. The number of carbonyl (C=O) groups excluding carboxylic acids is 1. The number of ether oxygens (including phenoxy) is 1. The van der Waals surface area contributed by atoms with Crippen LogP contribution in [0.2, 0.25) is 0 Å². The third-order valence-electron chi connectivity index (χ3n) is 4.58. The third kappa shape index (κ3) is 5.92. The number of aryl methyl sites for hydroxylation is 1. The topological polar surface area (TPSA) is 131 Å². The summed E-state index contributed by atoms with van der Waals surface area (Å²) in [7, 11) is -3.78. The van der Waals surface area contributed by atoms with Crippen molar-refractivity contribution in [2.75, 3.05) is 6.61 Å². The summed E-state index contributed by atoms with van der Waals surface area (Å²) in [4.78, 5) is 20.1. The summed E-state index contributed by atoms with van der Waals surface area (Å²) in [5.74, 6) is -0.251. The lowest BCUT2D eigenvalue weighted by atomic mass is 10.1. The highest BCUT2D eigenvalue weighted by Gasteiger charge is 2.31. The summed E-state index contributed by atoms with van der Waals surface area (Å²) in [6.45, 7) is 1.73. The number of nitrogens with zero attached hydrogens (tertiary/aromatic N) is 2. The van der Waals surface area contributed by atoms with Crippen molar-refractivity contribution in [3.63, 3.8) is 0 Å². The highest BCUT2D eigenvalue weighted by molar-refractivity contribution is 7.89. The number of aliphatic hydroxyl groups is 1. The molecule has 3 N–H and O–H groups in total. The standard InChI is InChI=1S/C20H24N4O5S/c1-14-2-5-17(6-3-14)30(27,28)24-18-7-4-16(29-19(18)12-25)10-20(26)22-11-15-8-9-21-13-23-15/h2-9,13,16,18-19,24-25H,10-12H2,1H3,(H,22,26)/t16-,18+,19-/m1/s1. The minimum Gasteiger partial charge on any atom is -0.394 e. The van der Waals surface area contributed by atoms with Gasteiger partial charge in [-0.3, -0.25) is 4.79 Å². The molecule has 3 atom stereocenters. The Morgan fingerprint density at radius 3 is 2.63 bits per heavy atom. The van der Waals surface area contributed by atoms with Crippen LogP contribution in [0.3, 0.4) is 0 Å². The van der Waals surface area contributed by atoms with E-state index >= 15 is 0 Å². The zero-order valence-corrected chi connectivity index (χ0v) is 17.2. The minimum absolute atomic E-state index is 0.0372. The molecule has 0 saturated heterocycles. The second-order valence-corrected chi connectivity index (χ2v) is 8.64. The van der Waals surface area contributed by atoms with Crippen molar-refractivity contribution in [1.82, 2.24) is 20.0 Å². The number of aliphatic hydroxyl groups excluding tert-OH is 1. The molecular formula is C20H24N4O5S. The van der Waals surface area contributed by atoms with Crippen molar-refractivity contribution < 1.29 is 23.1 Å². The van der Waals surface area contributed by atoms with E-state index in [2.05, 4.69) is 20.0 Å². The normalized spacial score (nSPS) is 21.3. The van der Waals surface area contributed by atoms with Gasteiger partial charge in [0.25, 0.3) is 0 Å². The molecular weight excluding hydrogens is 408 g/mol. The maximum atomic E-state index is 12.6. The molecule has 30 heavy (non-hydrogen) atoms. The van der Waals surface area contributed by atoms with Gasteiger partial charge in [0.15, 0.2) is 0 Å². The monoisotopic (exact) mass is 432 g/mol. The average molecular weight is 433 g/mol. The van der Waals surface area contributed by atoms with E-state index in [1.807, 2.05) is 6.92 Å². The summed E-state index contributed by atoms with van der Waals surface area (Å²) in [5.41, 5.74) is 1.63. The SMILES string of the molecule is Cc1ccc(S(=O)(=O)N[C@H]2C=C[C@H](CC(=O)NCc3ccncn3)O[C@@H]2CO)cc1. The Hall–Kier alpha value is -2.66. The molecule has 0 fully saturated rings. The Morgan fingerprint density at radius 1 is 1.20 bits per heavy atom. The first-order valence-electron chi connectivity index (χ1n) is 9.42. The fourth-order valence-electron chi connectivity index (χ4n) is 2.94. The van der Waals surface area contributed by atoms with E-state index in [0.717, 1.165) is 5.56 Å². The van der Waals surface area contributed by atoms with Crippen molar-refractivity contribution in [3.05, 3.63) is 66.3 Å². The molecule has 1 aromatic heterocycles. The van der Waals surface area contributed by atoms with Gasteiger partial charge in [-0.05, 0) is 25.1 Å². The third-order valence-corrected chi connectivity index (χ3v) is 6.06. The minimum atomic E-state index is -3.78. The Balaban J connectivity index is 1.58. The molecule has 1 aromatic carbocycles. The van der Waals surface area contributed by atoms with Crippen LogP contribution in [0.1, 0.15) is 17.7 Å². The molecule has 10 heteroatoms. The molecule has 9 nitrogen and oxygen atoms in total. The van der Waals surface area contributed by atoms with Crippen molar-refractivity contribution in [1.29, 1.82) is 0 Å². The largest absolute Gasteiger partial charge is 0.394 e. The average Bonchev–Trinajstić information content (AvgIpc) is 2.74. The van der Waals surface area contributed by atoms with Crippen LogP contribution in [0, 0.1) is 6.92 Å². The van der Waals surface area contributed by atoms with Gasteiger partial charge in [-0.1, -0.05) is 29.8 Å². The molecule has 0 saturated carbocycles. The van der Waals surface area contributed by atoms with Crippen molar-refractivity contribution in [2.24, 2.45) is 0 Å². The van der Waals surface area contributed by atoms with E-state index in [9.17, 15) is 18.3 Å². The van der Waals surface area contributed by atoms with Gasteiger partial charge in [0, 0.05) is 6.20 Å². The molecule has 0 aliphatic carbocycles. The molecule has 2 heterocycles. The predicted octanol–water partition coefficient (Wildman–Crippen LogP) is 0.454. The molecule has 0 unspecified atom stereocenters. The van der Waals surface area contributed by atoms with Crippen LogP contribution in [0.4, 0.5) is 0 Å². The summed E-state index contributed by atoms with van der Waals surface area (Å²) in [6.07, 6.45) is 4.87. The molecule has 0 spiro atoms.